The van der Waals surface area contributed by atoms with Crippen LogP contribution >= 0.6 is 22.9 Å². The molecule has 1 atom stereocenters. The van der Waals surface area contributed by atoms with Crippen molar-refractivity contribution in [2.45, 2.75) is 98.9 Å². The number of aliphatic imine (C=N–C) groups is 1. The Bertz CT molecular complexity index is 2760. The van der Waals surface area contributed by atoms with Gasteiger partial charge in [-0.15, -0.1) is 21.5 Å². The van der Waals surface area contributed by atoms with E-state index < -0.39 is 16.9 Å². The number of hydrogen-bond acceptors (Lipinski definition) is 15. The smallest absolute Gasteiger partial charge is 0.254 e. The number of ether oxygens (including phenoxy) is 5. The van der Waals surface area contributed by atoms with Crippen LogP contribution in [0, 0.1) is 42.9 Å². The third kappa shape index (κ3) is 11.2. The molecule has 0 spiro atoms. The molecule has 2 N–H and O–H groups in total. The van der Waals surface area contributed by atoms with Crippen molar-refractivity contribution >= 4 is 46.4 Å². The number of hydrogen-bond donors (Lipinski definition) is 2. The van der Waals surface area contributed by atoms with E-state index in [0.717, 1.165) is 59.2 Å². The predicted octanol–water partition coefficient (Wildman–Crippen LogP) is 7.70. The van der Waals surface area contributed by atoms with Gasteiger partial charge in [-0.05, 0) is 70.4 Å². The molecular weight excluding hydrogens is 944 g/mol. The van der Waals surface area contributed by atoms with Crippen LogP contribution in [0.2, 0.25) is 5.02 Å². The topological polar surface area (TPSA) is 200 Å². The number of piperidine rings is 1. The van der Waals surface area contributed by atoms with E-state index in [2.05, 4.69) is 83.3 Å². The lowest BCUT2D eigenvalue weighted by Crippen LogP contribution is -2.74. The molecule has 2 aliphatic heterocycles. The van der Waals surface area contributed by atoms with Crippen LogP contribution in [0.3, 0.4) is 0 Å². The van der Waals surface area contributed by atoms with E-state index in [1.807, 2.05) is 42.7 Å². The highest BCUT2D eigenvalue weighted by atomic mass is 35.5. The third-order valence-corrected chi connectivity index (χ3v) is 15.1. The van der Waals surface area contributed by atoms with Crippen LogP contribution in [-0.2, 0) is 19.0 Å². The second kappa shape index (κ2) is 22.2. The predicted molar refractivity (Wildman–Crippen MR) is 271 cm³/mol. The van der Waals surface area contributed by atoms with Crippen LogP contribution in [0.5, 0.6) is 11.5 Å². The van der Waals surface area contributed by atoms with Gasteiger partial charge in [0.15, 0.2) is 5.82 Å². The summed E-state index contributed by atoms with van der Waals surface area (Å²) in [6.07, 6.45) is 4.87. The number of fused-ring (bicyclic) bond motifs is 3. The number of amides is 2. The number of carbonyl (C=O) groups is 2. The molecule has 2 aromatic carbocycles. The molecule has 3 aromatic heterocycles. The molecule has 3 aliphatic rings. The molecule has 19 heteroatoms. The summed E-state index contributed by atoms with van der Waals surface area (Å²) in [7, 11) is 0. The number of nitriles is 1. The maximum absolute atomic E-state index is 13.4. The first-order chi connectivity index (χ1) is 34.1. The fraction of sp³-hybridized carbons (Fsp3) is 0.500. The SMILES string of the molecule is CCNC(=O)C[C@@H]1N=C(c2cccc(OCCOCCOCCOC3CCN(c4ncc(C(=O)NC5C(C)(C)C(Oc6ccc(C#N)c(Cl)c6)C5(C)C)cn4)CC3)c2)c2c(sc(C)c2C)-n2c(C)nnc21. The number of nitrogens with zero attached hydrogens (tertiary/aromatic N) is 8. The zero-order valence-corrected chi connectivity index (χ0v) is 43.3. The van der Waals surface area contributed by atoms with Gasteiger partial charge in [-0.2, -0.15) is 5.26 Å². The number of anilines is 1. The summed E-state index contributed by atoms with van der Waals surface area (Å²) in [5.74, 6) is 2.93. The number of aryl methyl sites for hydroxylation is 2. The largest absolute Gasteiger partial charge is 0.491 e. The lowest BCUT2D eigenvalue weighted by atomic mass is 9.49. The fourth-order valence-corrected chi connectivity index (χ4v) is 11.6. The van der Waals surface area contributed by atoms with E-state index in [9.17, 15) is 14.9 Å². The van der Waals surface area contributed by atoms with Gasteiger partial charge in [0, 0.05) is 71.0 Å². The summed E-state index contributed by atoms with van der Waals surface area (Å²) in [6.45, 7) is 20.9. The van der Waals surface area contributed by atoms with Crippen molar-refractivity contribution in [3.8, 4) is 22.6 Å². The zero-order valence-electron chi connectivity index (χ0n) is 41.7. The average molecular weight is 1010 g/mol. The number of aromatic nitrogens is 5. The molecule has 1 saturated heterocycles. The van der Waals surface area contributed by atoms with Crippen LogP contribution in [-0.4, -0.2) is 120 Å². The molecule has 71 heavy (non-hydrogen) atoms. The first kappa shape index (κ1) is 51.4. The minimum absolute atomic E-state index is 0.0908. The minimum Gasteiger partial charge on any atom is -0.491 e. The number of thiophene rings is 1. The first-order valence-electron chi connectivity index (χ1n) is 24.2. The normalized spacial score (nSPS) is 19.1. The summed E-state index contributed by atoms with van der Waals surface area (Å²) >= 11 is 7.93. The Morgan fingerprint density at radius 1 is 0.915 bits per heavy atom. The Labute approximate surface area is 424 Å². The van der Waals surface area contributed by atoms with E-state index in [4.69, 9.17) is 40.3 Å². The van der Waals surface area contributed by atoms with Crippen LogP contribution in [0.1, 0.15) is 109 Å². The quantitative estimate of drug-likeness (QED) is 0.0720. The molecule has 0 bridgehead atoms. The summed E-state index contributed by atoms with van der Waals surface area (Å²) in [4.78, 5) is 43.9. The van der Waals surface area contributed by atoms with Gasteiger partial charge in [-0.1, -0.05) is 51.4 Å². The number of nitrogens with one attached hydrogen (secondary N) is 2. The second-order valence-corrected chi connectivity index (χ2v) is 20.9. The molecule has 1 aliphatic carbocycles. The van der Waals surface area contributed by atoms with E-state index in [1.165, 1.54) is 4.88 Å². The molecule has 5 heterocycles. The van der Waals surface area contributed by atoms with E-state index in [1.54, 1.807) is 41.9 Å². The maximum Gasteiger partial charge on any atom is 0.254 e. The van der Waals surface area contributed by atoms with Crippen molar-refractivity contribution in [2.75, 3.05) is 64.2 Å². The zero-order chi connectivity index (χ0) is 50.5. The molecule has 0 radical (unpaired) electrons. The van der Waals surface area contributed by atoms with Gasteiger partial charge < -0.3 is 39.2 Å². The van der Waals surface area contributed by atoms with Crippen molar-refractivity contribution in [1.82, 2.24) is 35.4 Å². The Balaban J connectivity index is 0.720. The van der Waals surface area contributed by atoms with E-state index in [0.29, 0.717) is 85.6 Å². The fourth-order valence-electron chi connectivity index (χ4n) is 10.2. The highest BCUT2D eigenvalue weighted by Crippen LogP contribution is 2.55. The van der Waals surface area contributed by atoms with Crippen molar-refractivity contribution in [1.29, 1.82) is 5.26 Å². The average Bonchev–Trinajstić information content (AvgIpc) is 3.84. The van der Waals surface area contributed by atoms with Crippen molar-refractivity contribution in [3.05, 3.63) is 104 Å². The van der Waals surface area contributed by atoms with Crippen LogP contribution in [0.4, 0.5) is 5.95 Å². The molecule has 2 fully saturated rings. The molecule has 2 amide bonds. The van der Waals surface area contributed by atoms with Crippen LogP contribution in [0.15, 0.2) is 59.9 Å². The Morgan fingerprint density at radius 2 is 1.62 bits per heavy atom. The molecular formula is C52H63ClN10O7S. The lowest BCUT2D eigenvalue weighted by Gasteiger charge is -2.63. The van der Waals surface area contributed by atoms with Gasteiger partial charge in [0.25, 0.3) is 5.91 Å². The summed E-state index contributed by atoms with van der Waals surface area (Å²) in [6, 6.07) is 14.3. The summed E-state index contributed by atoms with van der Waals surface area (Å²) < 4.78 is 32.3. The number of rotatable bonds is 20. The van der Waals surface area contributed by atoms with E-state index >= 15 is 0 Å². The first-order valence-corrected chi connectivity index (χ1v) is 25.4. The van der Waals surface area contributed by atoms with Gasteiger partial charge in [0.1, 0.15) is 47.1 Å². The Hall–Kier alpha value is -5.97. The second-order valence-electron chi connectivity index (χ2n) is 19.3. The van der Waals surface area contributed by atoms with Crippen molar-refractivity contribution in [3.63, 3.8) is 0 Å². The summed E-state index contributed by atoms with van der Waals surface area (Å²) in [5.41, 5.74) is 3.83. The van der Waals surface area contributed by atoms with E-state index in [-0.39, 0.29) is 36.5 Å². The van der Waals surface area contributed by atoms with Gasteiger partial charge in [-0.3, -0.25) is 19.1 Å². The van der Waals surface area contributed by atoms with Crippen LogP contribution in [0.25, 0.3) is 5.00 Å². The third-order valence-electron chi connectivity index (χ3n) is 13.6. The minimum atomic E-state index is -0.514. The number of benzene rings is 2. The molecule has 17 nitrogen and oxygen atoms in total. The molecule has 5 aromatic rings. The highest BCUT2D eigenvalue weighted by molar-refractivity contribution is 7.15. The van der Waals surface area contributed by atoms with Gasteiger partial charge in [-0.25, -0.2) is 9.97 Å². The molecule has 376 valence electrons. The van der Waals surface area contributed by atoms with Gasteiger partial charge in [0.05, 0.1) is 67.4 Å². The standard InChI is InChI=1S/C52H63ClN10O7S/c1-9-55-42(64)27-41-45-61-60-33(4)63(45)47-43(31(2)32(3)71-47)44(58-41)34-11-10-12-38(25-34)69-24-22-67-20-19-66-21-23-68-37-15-17-62(18-16-37)50-56-29-36(30-57-50)46(65)59-48-51(5,6)49(52(48,7)8)70-39-14-13-35(28-54)40(53)26-39/h10-14,25-26,29-30,37,41,48-49H,9,15-24,27H2,1-8H3,(H,55,64)(H,59,65)/t41-,48?,49?/m0/s1. The molecule has 8 rings (SSSR count). The Kier molecular flexibility index (Phi) is 16.1. The lowest BCUT2D eigenvalue weighted by molar-refractivity contribution is -0.164. The summed E-state index contributed by atoms with van der Waals surface area (Å²) in [5, 5.41) is 25.5. The monoisotopic (exact) mass is 1010 g/mol. The van der Waals surface area contributed by atoms with Gasteiger partial charge in [0.2, 0.25) is 11.9 Å². The molecule has 1 saturated carbocycles. The van der Waals surface area contributed by atoms with Gasteiger partial charge >= 0.3 is 0 Å². The van der Waals surface area contributed by atoms with Crippen molar-refractivity contribution < 1.29 is 33.3 Å². The number of carbonyl (C=O) groups excluding carboxylic acids is 2. The Morgan fingerprint density at radius 3 is 2.31 bits per heavy atom. The maximum atomic E-state index is 13.4. The van der Waals surface area contributed by atoms with Crippen LogP contribution < -0.4 is 25.0 Å². The molecule has 0 unspecified atom stereocenters. The highest BCUT2D eigenvalue weighted by Gasteiger charge is 2.64. The van der Waals surface area contributed by atoms with Crippen molar-refractivity contribution in [2.24, 2.45) is 15.8 Å². The number of halogens is 1.